The van der Waals surface area contributed by atoms with Gasteiger partial charge in [0.05, 0.1) is 20.1 Å². The first-order valence-electron chi connectivity index (χ1n) is 6.80. The molecular formula is C15H19NO5. The van der Waals surface area contributed by atoms with Gasteiger partial charge in [-0.15, -0.1) is 0 Å². The molecule has 0 spiro atoms. The van der Waals surface area contributed by atoms with Crippen LogP contribution >= 0.6 is 0 Å². The van der Waals surface area contributed by atoms with Crippen molar-refractivity contribution < 1.29 is 24.2 Å². The second-order valence-corrected chi connectivity index (χ2v) is 5.10. The van der Waals surface area contributed by atoms with Crippen LogP contribution in [0.2, 0.25) is 0 Å². The number of aliphatic carboxylic acids is 1. The van der Waals surface area contributed by atoms with E-state index in [0.29, 0.717) is 36.4 Å². The van der Waals surface area contributed by atoms with Gasteiger partial charge in [-0.2, -0.15) is 0 Å². The fourth-order valence-corrected chi connectivity index (χ4v) is 2.60. The van der Waals surface area contributed by atoms with E-state index < -0.39 is 11.9 Å². The Bertz CT molecular complexity index is 543. The summed E-state index contributed by atoms with van der Waals surface area (Å²) in [5, 5.41) is 11.8. The topological polar surface area (TPSA) is 84.9 Å². The molecule has 2 unspecified atom stereocenters. The number of ether oxygens (including phenoxy) is 2. The molecule has 2 rings (SSSR count). The molecule has 2 N–H and O–H groups in total. The van der Waals surface area contributed by atoms with E-state index in [0.717, 1.165) is 0 Å². The third kappa shape index (κ3) is 3.45. The summed E-state index contributed by atoms with van der Waals surface area (Å²) in [6, 6.07) is 5.12. The molecule has 0 aromatic heterocycles. The Morgan fingerprint density at radius 2 is 1.81 bits per heavy atom. The lowest BCUT2D eigenvalue weighted by Crippen LogP contribution is -2.21. The Kier molecular flexibility index (Phi) is 4.67. The number of hydrogen-bond acceptors (Lipinski definition) is 4. The van der Waals surface area contributed by atoms with E-state index in [9.17, 15) is 9.59 Å². The van der Waals surface area contributed by atoms with Crippen LogP contribution in [0, 0.1) is 11.8 Å². The number of carbonyl (C=O) groups is 2. The summed E-state index contributed by atoms with van der Waals surface area (Å²) in [6.45, 7) is 0. The molecule has 0 bridgehead atoms. The molecule has 2 atom stereocenters. The number of nitrogens with one attached hydrogen (secondary N) is 1. The monoisotopic (exact) mass is 293 g/mol. The zero-order valence-electron chi connectivity index (χ0n) is 12.1. The largest absolute Gasteiger partial charge is 0.493 e. The minimum Gasteiger partial charge on any atom is -0.493 e. The van der Waals surface area contributed by atoms with Crippen molar-refractivity contribution in [3.8, 4) is 11.5 Å². The van der Waals surface area contributed by atoms with Crippen molar-refractivity contribution in [1.29, 1.82) is 0 Å². The number of methoxy groups -OCH3 is 2. The van der Waals surface area contributed by atoms with Gasteiger partial charge < -0.3 is 19.9 Å². The van der Waals surface area contributed by atoms with Crippen molar-refractivity contribution in [1.82, 2.24) is 0 Å². The van der Waals surface area contributed by atoms with Crippen LogP contribution in [0.4, 0.5) is 5.69 Å². The van der Waals surface area contributed by atoms with E-state index in [1.807, 2.05) is 0 Å². The maximum atomic E-state index is 12.2. The molecule has 0 heterocycles. The lowest BCUT2D eigenvalue weighted by molar-refractivity contribution is -0.141. The predicted molar refractivity (Wildman–Crippen MR) is 76.6 cm³/mol. The molecule has 6 nitrogen and oxygen atoms in total. The van der Waals surface area contributed by atoms with E-state index in [1.54, 1.807) is 25.3 Å². The molecule has 0 saturated heterocycles. The molecule has 0 radical (unpaired) electrons. The number of hydrogen-bond donors (Lipinski definition) is 2. The number of carboxylic acid groups (broad SMARTS) is 1. The molecule has 21 heavy (non-hydrogen) atoms. The average Bonchev–Trinajstić information content (AvgIpc) is 2.97. The van der Waals surface area contributed by atoms with Crippen molar-refractivity contribution in [3.63, 3.8) is 0 Å². The fraction of sp³-hybridized carbons (Fsp3) is 0.467. The van der Waals surface area contributed by atoms with Crippen LogP contribution in [-0.2, 0) is 9.59 Å². The SMILES string of the molecule is COc1ccc(NC(=O)C2CCC(C(=O)O)C2)cc1OC. The van der Waals surface area contributed by atoms with Gasteiger partial charge in [0.1, 0.15) is 0 Å². The van der Waals surface area contributed by atoms with E-state index in [4.69, 9.17) is 14.6 Å². The van der Waals surface area contributed by atoms with Crippen molar-refractivity contribution in [2.45, 2.75) is 19.3 Å². The maximum Gasteiger partial charge on any atom is 0.306 e. The number of benzene rings is 1. The van der Waals surface area contributed by atoms with Crippen molar-refractivity contribution in [3.05, 3.63) is 18.2 Å². The Morgan fingerprint density at radius 1 is 1.14 bits per heavy atom. The summed E-state index contributed by atoms with van der Waals surface area (Å²) in [7, 11) is 3.07. The van der Waals surface area contributed by atoms with Gasteiger partial charge in [0, 0.05) is 17.7 Å². The summed E-state index contributed by atoms with van der Waals surface area (Å²) in [5.74, 6) is -0.514. The first-order chi connectivity index (χ1) is 10.0. The van der Waals surface area contributed by atoms with Crippen LogP contribution in [-0.4, -0.2) is 31.2 Å². The van der Waals surface area contributed by atoms with Gasteiger partial charge in [0.15, 0.2) is 11.5 Å². The molecule has 1 saturated carbocycles. The van der Waals surface area contributed by atoms with Crippen LogP contribution in [0.25, 0.3) is 0 Å². The van der Waals surface area contributed by atoms with Crippen LogP contribution in [0.3, 0.4) is 0 Å². The van der Waals surface area contributed by atoms with Crippen molar-refractivity contribution >= 4 is 17.6 Å². The number of amides is 1. The Labute approximate surface area is 123 Å². The van der Waals surface area contributed by atoms with Gasteiger partial charge in [0.2, 0.25) is 5.91 Å². The number of anilines is 1. The Morgan fingerprint density at radius 3 is 2.38 bits per heavy atom. The van der Waals surface area contributed by atoms with E-state index in [2.05, 4.69) is 5.32 Å². The average molecular weight is 293 g/mol. The number of carbonyl (C=O) groups excluding carboxylic acids is 1. The van der Waals surface area contributed by atoms with E-state index >= 15 is 0 Å². The van der Waals surface area contributed by atoms with Crippen molar-refractivity contribution in [2.75, 3.05) is 19.5 Å². The van der Waals surface area contributed by atoms with Crippen LogP contribution in [0.5, 0.6) is 11.5 Å². The lowest BCUT2D eigenvalue weighted by atomic mass is 10.0. The van der Waals surface area contributed by atoms with Crippen molar-refractivity contribution in [2.24, 2.45) is 11.8 Å². The van der Waals surface area contributed by atoms with Gasteiger partial charge in [-0.3, -0.25) is 9.59 Å². The van der Waals surface area contributed by atoms with Gasteiger partial charge in [-0.05, 0) is 31.4 Å². The summed E-state index contributed by atoms with van der Waals surface area (Å²) in [6.07, 6.45) is 1.56. The molecule has 0 aliphatic heterocycles. The summed E-state index contributed by atoms with van der Waals surface area (Å²) in [4.78, 5) is 23.1. The Balaban J connectivity index is 2.02. The zero-order valence-corrected chi connectivity index (χ0v) is 12.1. The standard InChI is InChI=1S/C15H19NO5/c1-20-12-6-5-11(8-13(12)21-2)16-14(17)9-3-4-10(7-9)15(18)19/h5-6,8-10H,3-4,7H2,1-2H3,(H,16,17)(H,18,19). The smallest absolute Gasteiger partial charge is 0.306 e. The minimum absolute atomic E-state index is 0.147. The molecular weight excluding hydrogens is 274 g/mol. The summed E-state index contributed by atoms with van der Waals surface area (Å²) in [5.41, 5.74) is 0.608. The molecule has 1 aromatic carbocycles. The van der Waals surface area contributed by atoms with Crippen LogP contribution < -0.4 is 14.8 Å². The summed E-state index contributed by atoms with van der Waals surface area (Å²) >= 11 is 0. The molecule has 6 heteroatoms. The second kappa shape index (κ2) is 6.47. The normalized spacial score (nSPS) is 20.9. The molecule has 1 aliphatic rings. The highest BCUT2D eigenvalue weighted by Gasteiger charge is 2.33. The van der Waals surface area contributed by atoms with Gasteiger partial charge in [-0.1, -0.05) is 0 Å². The predicted octanol–water partition coefficient (Wildman–Crippen LogP) is 2.14. The summed E-state index contributed by atoms with van der Waals surface area (Å²) < 4.78 is 10.3. The van der Waals surface area contributed by atoms with Crippen LogP contribution in [0.15, 0.2) is 18.2 Å². The quantitative estimate of drug-likeness (QED) is 0.869. The van der Waals surface area contributed by atoms with Crippen LogP contribution in [0.1, 0.15) is 19.3 Å². The van der Waals surface area contributed by atoms with Gasteiger partial charge in [-0.25, -0.2) is 0 Å². The molecule has 1 amide bonds. The third-order valence-corrected chi connectivity index (χ3v) is 3.80. The number of carboxylic acids is 1. The lowest BCUT2D eigenvalue weighted by Gasteiger charge is -2.13. The molecule has 1 aromatic rings. The van der Waals surface area contributed by atoms with E-state index in [1.165, 1.54) is 7.11 Å². The highest BCUT2D eigenvalue weighted by atomic mass is 16.5. The molecule has 1 aliphatic carbocycles. The maximum absolute atomic E-state index is 12.2. The zero-order chi connectivity index (χ0) is 15.4. The first kappa shape index (κ1) is 15.2. The first-order valence-corrected chi connectivity index (χ1v) is 6.80. The fourth-order valence-electron chi connectivity index (χ4n) is 2.60. The highest BCUT2D eigenvalue weighted by molar-refractivity contribution is 5.93. The molecule has 1 fully saturated rings. The van der Waals surface area contributed by atoms with E-state index in [-0.39, 0.29) is 11.8 Å². The third-order valence-electron chi connectivity index (χ3n) is 3.80. The highest BCUT2D eigenvalue weighted by Crippen LogP contribution is 2.33. The van der Waals surface area contributed by atoms with Gasteiger partial charge in [0.25, 0.3) is 0 Å². The number of rotatable bonds is 5. The van der Waals surface area contributed by atoms with Gasteiger partial charge >= 0.3 is 5.97 Å². The second-order valence-electron chi connectivity index (χ2n) is 5.10. The minimum atomic E-state index is -0.823. The molecule has 114 valence electrons. The Hall–Kier alpha value is -2.24.